The lowest BCUT2D eigenvalue weighted by Gasteiger charge is -2.30. The molecule has 2 saturated heterocycles. The topological polar surface area (TPSA) is 71.2 Å². The van der Waals surface area contributed by atoms with Crippen molar-refractivity contribution in [3.05, 3.63) is 35.5 Å². The highest BCUT2D eigenvalue weighted by Gasteiger charge is 2.33. The van der Waals surface area contributed by atoms with Crippen LogP contribution in [-0.2, 0) is 0 Å². The monoisotopic (exact) mass is 328 g/mol. The van der Waals surface area contributed by atoms with E-state index < -0.39 is 0 Å². The number of carbonyl (C=O) groups excluding carboxylic acids is 1. The van der Waals surface area contributed by atoms with Gasteiger partial charge in [-0.05, 0) is 43.0 Å². The number of anilines is 1. The number of carbonyl (C=O) groups is 1. The first-order chi connectivity index (χ1) is 11.2. The van der Waals surface area contributed by atoms with E-state index in [4.69, 9.17) is 5.73 Å². The SMILES string of the molecule is Nc1cccc(-c2cnc(C(=O)N[C@@H]3C[C@@H]4CCN(C4)C3)s2)c1. The molecule has 2 aliphatic rings. The number of amides is 1. The number of thiazole rings is 1. The van der Waals surface area contributed by atoms with Crippen molar-refractivity contribution < 1.29 is 4.79 Å². The summed E-state index contributed by atoms with van der Waals surface area (Å²) < 4.78 is 0. The van der Waals surface area contributed by atoms with E-state index in [1.165, 1.54) is 30.8 Å². The van der Waals surface area contributed by atoms with Crippen LogP contribution in [0.2, 0.25) is 0 Å². The zero-order valence-corrected chi connectivity index (χ0v) is 13.7. The predicted molar refractivity (Wildman–Crippen MR) is 92.4 cm³/mol. The number of nitrogen functional groups attached to an aromatic ring is 1. The van der Waals surface area contributed by atoms with Crippen molar-refractivity contribution in [2.45, 2.75) is 18.9 Å². The van der Waals surface area contributed by atoms with Gasteiger partial charge in [-0.25, -0.2) is 4.98 Å². The summed E-state index contributed by atoms with van der Waals surface area (Å²) in [7, 11) is 0. The van der Waals surface area contributed by atoms with Crippen molar-refractivity contribution in [3.8, 4) is 10.4 Å². The molecule has 1 amide bonds. The van der Waals surface area contributed by atoms with Gasteiger partial charge in [-0.3, -0.25) is 4.79 Å². The molecule has 2 fully saturated rings. The Morgan fingerprint density at radius 2 is 2.30 bits per heavy atom. The highest BCUT2D eigenvalue weighted by atomic mass is 32.1. The Bertz CT molecular complexity index is 717. The fraction of sp³-hybridized carbons (Fsp3) is 0.412. The molecule has 0 spiro atoms. The third-order valence-corrected chi connectivity index (χ3v) is 5.72. The highest BCUT2D eigenvalue weighted by molar-refractivity contribution is 7.17. The molecule has 3 atom stereocenters. The quantitative estimate of drug-likeness (QED) is 0.848. The fourth-order valence-electron chi connectivity index (χ4n) is 3.62. The van der Waals surface area contributed by atoms with E-state index in [0.717, 1.165) is 29.3 Å². The van der Waals surface area contributed by atoms with Crippen LogP contribution in [0.4, 0.5) is 5.69 Å². The number of fused-ring (bicyclic) bond motifs is 2. The zero-order valence-electron chi connectivity index (χ0n) is 12.9. The average molecular weight is 328 g/mol. The first-order valence-corrected chi connectivity index (χ1v) is 8.84. The Morgan fingerprint density at radius 3 is 3.13 bits per heavy atom. The average Bonchev–Trinajstić information content (AvgIpc) is 3.14. The first-order valence-electron chi connectivity index (χ1n) is 8.02. The van der Waals surface area contributed by atoms with Crippen LogP contribution in [0.25, 0.3) is 10.4 Å². The minimum absolute atomic E-state index is 0.0577. The van der Waals surface area contributed by atoms with Crippen molar-refractivity contribution >= 4 is 22.9 Å². The molecule has 3 heterocycles. The number of nitrogens with zero attached hydrogens (tertiary/aromatic N) is 2. The molecule has 1 aromatic heterocycles. The van der Waals surface area contributed by atoms with E-state index >= 15 is 0 Å². The third-order valence-electron chi connectivity index (χ3n) is 4.67. The lowest BCUT2D eigenvalue weighted by molar-refractivity contribution is 0.0909. The summed E-state index contributed by atoms with van der Waals surface area (Å²) in [4.78, 5) is 20.2. The molecule has 23 heavy (non-hydrogen) atoms. The second-order valence-corrected chi connectivity index (χ2v) is 7.51. The molecule has 2 aliphatic heterocycles. The van der Waals surface area contributed by atoms with Crippen molar-refractivity contribution in [1.29, 1.82) is 0 Å². The number of nitrogens with two attached hydrogens (primary N) is 1. The van der Waals surface area contributed by atoms with Crippen LogP contribution in [0.1, 0.15) is 22.6 Å². The highest BCUT2D eigenvalue weighted by Crippen LogP contribution is 2.29. The van der Waals surface area contributed by atoms with Crippen LogP contribution in [0.5, 0.6) is 0 Å². The molecule has 4 rings (SSSR count). The molecular formula is C17H20N4OS. The second kappa shape index (κ2) is 5.94. The van der Waals surface area contributed by atoms with Crippen molar-refractivity contribution in [3.63, 3.8) is 0 Å². The number of piperidine rings is 1. The van der Waals surface area contributed by atoms with Gasteiger partial charge < -0.3 is 16.0 Å². The van der Waals surface area contributed by atoms with Gasteiger partial charge in [0.2, 0.25) is 0 Å². The number of rotatable bonds is 3. The summed E-state index contributed by atoms with van der Waals surface area (Å²) in [5.41, 5.74) is 7.54. The number of aromatic nitrogens is 1. The molecule has 6 heteroatoms. The second-order valence-electron chi connectivity index (χ2n) is 6.48. The summed E-state index contributed by atoms with van der Waals surface area (Å²) >= 11 is 1.42. The molecule has 3 N–H and O–H groups in total. The van der Waals surface area contributed by atoms with Crippen LogP contribution in [0.3, 0.4) is 0 Å². The lowest BCUT2D eigenvalue weighted by Crippen LogP contribution is -2.46. The zero-order chi connectivity index (χ0) is 15.8. The summed E-state index contributed by atoms with van der Waals surface area (Å²) in [5.74, 6) is 0.686. The van der Waals surface area contributed by atoms with Crippen molar-refractivity contribution in [1.82, 2.24) is 15.2 Å². The van der Waals surface area contributed by atoms with E-state index in [1.54, 1.807) is 6.20 Å². The molecule has 0 radical (unpaired) electrons. The van der Waals surface area contributed by atoms with E-state index in [1.807, 2.05) is 24.3 Å². The maximum atomic E-state index is 12.5. The summed E-state index contributed by atoms with van der Waals surface area (Å²) in [5, 5.41) is 3.68. The summed E-state index contributed by atoms with van der Waals surface area (Å²) in [6, 6.07) is 7.91. The Morgan fingerprint density at radius 1 is 1.39 bits per heavy atom. The van der Waals surface area contributed by atoms with Gasteiger partial charge in [0.05, 0.1) is 4.88 Å². The molecule has 0 saturated carbocycles. The maximum Gasteiger partial charge on any atom is 0.280 e. The van der Waals surface area contributed by atoms with E-state index in [2.05, 4.69) is 15.2 Å². The Labute approximate surface area is 139 Å². The van der Waals surface area contributed by atoms with Gasteiger partial charge in [0.1, 0.15) is 0 Å². The number of nitrogens with one attached hydrogen (secondary N) is 1. The Kier molecular flexibility index (Phi) is 3.79. The van der Waals surface area contributed by atoms with Crippen LogP contribution >= 0.6 is 11.3 Å². The number of hydrogen-bond donors (Lipinski definition) is 2. The van der Waals surface area contributed by atoms with E-state index in [0.29, 0.717) is 10.7 Å². The lowest BCUT2D eigenvalue weighted by atomic mass is 9.97. The minimum Gasteiger partial charge on any atom is -0.399 e. The fourth-order valence-corrected chi connectivity index (χ4v) is 4.43. The van der Waals surface area contributed by atoms with Crippen LogP contribution < -0.4 is 11.1 Å². The van der Waals surface area contributed by atoms with Gasteiger partial charge in [-0.15, -0.1) is 11.3 Å². The normalized spacial score (nSPS) is 26.2. The maximum absolute atomic E-state index is 12.5. The van der Waals surface area contributed by atoms with Gasteiger partial charge in [0.15, 0.2) is 5.01 Å². The van der Waals surface area contributed by atoms with Gasteiger partial charge in [-0.1, -0.05) is 12.1 Å². The Hall–Kier alpha value is -1.92. The molecule has 5 nitrogen and oxygen atoms in total. The van der Waals surface area contributed by atoms with Gasteiger partial charge in [0.25, 0.3) is 5.91 Å². The number of benzene rings is 1. The van der Waals surface area contributed by atoms with Crippen molar-refractivity contribution in [2.75, 3.05) is 25.4 Å². The smallest absolute Gasteiger partial charge is 0.280 e. The van der Waals surface area contributed by atoms with Crippen LogP contribution in [0.15, 0.2) is 30.5 Å². The van der Waals surface area contributed by atoms with Gasteiger partial charge in [0, 0.05) is 31.0 Å². The van der Waals surface area contributed by atoms with Crippen LogP contribution in [0, 0.1) is 5.92 Å². The van der Waals surface area contributed by atoms with Gasteiger partial charge >= 0.3 is 0 Å². The molecule has 1 unspecified atom stereocenters. The Balaban J connectivity index is 1.45. The van der Waals surface area contributed by atoms with Crippen LogP contribution in [-0.4, -0.2) is 41.5 Å². The molecule has 1 aromatic carbocycles. The first kappa shape index (κ1) is 14.7. The molecular weight excluding hydrogens is 308 g/mol. The third kappa shape index (κ3) is 3.09. The summed E-state index contributed by atoms with van der Waals surface area (Å²) in [6.45, 7) is 3.34. The van der Waals surface area contributed by atoms with E-state index in [9.17, 15) is 4.79 Å². The predicted octanol–water partition coefficient (Wildman–Crippen LogP) is 2.22. The molecule has 120 valence electrons. The molecule has 2 aromatic rings. The minimum atomic E-state index is -0.0577. The summed E-state index contributed by atoms with van der Waals surface area (Å²) in [6.07, 6.45) is 4.11. The van der Waals surface area contributed by atoms with Gasteiger partial charge in [-0.2, -0.15) is 0 Å². The molecule has 2 bridgehead atoms. The van der Waals surface area contributed by atoms with E-state index in [-0.39, 0.29) is 11.9 Å². The number of hydrogen-bond acceptors (Lipinski definition) is 5. The standard InChI is InChI=1S/C17H20N4OS/c18-13-3-1-2-12(7-13)15-8-19-17(23-15)16(22)20-14-6-11-4-5-21(9-11)10-14/h1-3,7-8,11,14H,4-6,9-10,18H2,(H,20,22)/t11-,14+/m0/s1. The van der Waals surface area contributed by atoms with Crippen molar-refractivity contribution in [2.24, 2.45) is 5.92 Å². The largest absolute Gasteiger partial charge is 0.399 e. The molecule has 0 aliphatic carbocycles.